The molecule has 2 rings (SSSR count). The summed E-state index contributed by atoms with van der Waals surface area (Å²) in [6.07, 6.45) is 1.64. The van der Waals surface area contributed by atoms with Gasteiger partial charge in [0, 0.05) is 30.4 Å². The van der Waals surface area contributed by atoms with Gasteiger partial charge in [-0.2, -0.15) is 5.26 Å². The van der Waals surface area contributed by atoms with Gasteiger partial charge in [-0.05, 0) is 35.6 Å². The van der Waals surface area contributed by atoms with Gasteiger partial charge in [-0.1, -0.05) is 6.92 Å². The van der Waals surface area contributed by atoms with Crippen molar-refractivity contribution in [3.63, 3.8) is 0 Å². The van der Waals surface area contributed by atoms with Crippen molar-refractivity contribution in [2.24, 2.45) is 5.92 Å². The lowest BCUT2D eigenvalue weighted by Gasteiger charge is -2.11. The van der Waals surface area contributed by atoms with Crippen molar-refractivity contribution in [2.45, 2.75) is 6.92 Å². The van der Waals surface area contributed by atoms with Gasteiger partial charge in [-0.3, -0.25) is 0 Å². The van der Waals surface area contributed by atoms with E-state index in [4.69, 9.17) is 10.4 Å². The van der Waals surface area contributed by atoms with Crippen LogP contribution in [0.2, 0.25) is 0 Å². The molecule has 0 saturated carbocycles. The van der Waals surface area contributed by atoms with Crippen LogP contribution in [0.25, 0.3) is 10.8 Å². The van der Waals surface area contributed by atoms with E-state index in [1.807, 2.05) is 31.2 Å². The van der Waals surface area contributed by atoms with Gasteiger partial charge >= 0.3 is 0 Å². The zero-order valence-corrected chi connectivity index (χ0v) is 10.2. The first kappa shape index (κ1) is 12.3. The number of anilines is 1. The van der Waals surface area contributed by atoms with Crippen LogP contribution in [0, 0.1) is 17.2 Å². The number of rotatable bonds is 4. The standard InChI is InChI=1S/C14H15N3O/c1-10(9-18)8-17-12-2-3-13-11(6-12)4-5-16-14(13)7-15/h2-6,10,17-18H,8-9H2,1H3/t10-/m1/s1. The van der Waals surface area contributed by atoms with E-state index in [1.54, 1.807) is 6.20 Å². The summed E-state index contributed by atoms with van der Waals surface area (Å²) in [4.78, 5) is 4.03. The third-order valence-corrected chi connectivity index (χ3v) is 2.84. The fourth-order valence-electron chi connectivity index (χ4n) is 1.73. The zero-order chi connectivity index (χ0) is 13.0. The Morgan fingerprint density at radius 1 is 1.44 bits per heavy atom. The van der Waals surface area contributed by atoms with E-state index in [-0.39, 0.29) is 12.5 Å². The van der Waals surface area contributed by atoms with Crippen molar-refractivity contribution in [3.05, 3.63) is 36.2 Å². The van der Waals surface area contributed by atoms with Crippen molar-refractivity contribution in [3.8, 4) is 6.07 Å². The molecule has 4 heteroatoms. The molecule has 0 fully saturated rings. The Labute approximate surface area is 106 Å². The molecule has 1 heterocycles. The molecule has 0 radical (unpaired) electrons. The van der Waals surface area contributed by atoms with Gasteiger partial charge in [-0.15, -0.1) is 0 Å². The number of nitrogens with zero attached hydrogens (tertiary/aromatic N) is 2. The maximum atomic E-state index is 8.97. The monoisotopic (exact) mass is 241 g/mol. The van der Waals surface area contributed by atoms with E-state index in [0.29, 0.717) is 5.69 Å². The second-order valence-corrected chi connectivity index (χ2v) is 4.38. The summed E-state index contributed by atoms with van der Waals surface area (Å²) in [7, 11) is 0. The van der Waals surface area contributed by atoms with Crippen molar-refractivity contribution in [2.75, 3.05) is 18.5 Å². The normalized spacial score (nSPS) is 12.1. The third kappa shape index (κ3) is 2.58. The SMILES string of the molecule is C[C@@H](CO)CNc1ccc2c(C#N)nccc2c1. The maximum absolute atomic E-state index is 8.97. The van der Waals surface area contributed by atoms with E-state index in [2.05, 4.69) is 16.4 Å². The first-order valence-electron chi connectivity index (χ1n) is 5.88. The molecule has 0 aliphatic rings. The minimum Gasteiger partial charge on any atom is -0.396 e. The fourth-order valence-corrected chi connectivity index (χ4v) is 1.73. The summed E-state index contributed by atoms with van der Waals surface area (Å²) >= 11 is 0. The van der Waals surface area contributed by atoms with Crippen LogP contribution in [-0.4, -0.2) is 23.2 Å². The highest BCUT2D eigenvalue weighted by molar-refractivity contribution is 5.88. The average molecular weight is 241 g/mol. The van der Waals surface area contributed by atoms with Crippen LogP contribution in [-0.2, 0) is 0 Å². The number of fused-ring (bicyclic) bond motifs is 1. The summed E-state index contributed by atoms with van der Waals surface area (Å²) in [5.74, 6) is 0.216. The molecule has 0 bridgehead atoms. The molecule has 1 aromatic carbocycles. The molecule has 0 aliphatic heterocycles. The Kier molecular flexibility index (Phi) is 3.75. The molecule has 0 unspecified atom stereocenters. The number of nitrogens with one attached hydrogen (secondary N) is 1. The van der Waals surface area contributed by atoms with Crippen molar-refractivity contribution < 1.29 is 5.11 Å². The molecule has 1 aromatic heterocycles. The van der Waals surface area contributed by atoms with Gasteiger partial charge in [0.05, 0.1) is 0 Å². The summed E-state index contributed by atoms with van der Waals surface area (Å²) in [5, 5.41) is 23.0. The van der Waals surface area contributed by atoms with Gasteiger partial charge in [0.2, 0.25) is 0 Å². The Hall–Kier alpha value is -2.12. The highest BCUT2D eigenvalue weighted by atomic mass is 16.3. The van der Waals surface area contributed by atoms with Crippen molar-refractivity contribution in [1.82, 2.24) is 4.98 Å². The molecule has 1 atom stereocenters. The van der Waals surface area contributed by atoms with Gasteiger partial charge in [0.25, 0.3) is 0 Å². The molecule has 18 heavy (non-hydrogen) atoms. The number of aliphatic hydroxyl groups excluding tert-OH is 1. The predicted molar refractivity (Wildman–Crippen MR) is 71.2 cm³/mol. The molecule has 2 N–H and O–H groups in total. The van der Waals surface area contributed by atoms with Gasteiger partial charge in [-0.25, -0.2) is 4.98 Å². The third-order valence-electron chi connectivity index (χ3n) is 2.84. The molecule has 0 amide bonds. The Balaban J connectivity index is 2.26. The molecular formula is C14H15N3O. The first-order valence-corrected chi connectivity index (χ1v) is 5.88. The van der Waals surface area contributed by atoms with Gasteiger partial charge < -0.3 is 10.4 Å². The van der Waals surface area contributed by atoms with Gasteiger partial charge in [0.15, 0.2) is 0 Å². The number of aliphatic hydroxyl groups is 1. The lowest BCUT2D eigenvalue weighted by Crippen LogP contribution is -2.14. The number of aromatic nitrogens is 1. The average Bonchev–Trinajstić information content (AvgIpc) is 2.43. The van der Waals surface area contributed by atoms with Crippen LogP contribution in [0.4, 0.5) is 5.69 Å². The Morgan fingerprint density at radius 3 is 3.00 bits per heavy atom. The minimum absolute atomic E-state index is 0.170. The fraction of sp³-hybridized carbons (Fsp3) is 0.286. The topological polar surface area (TPSA) is 68.9 Å². The zero-order valence-electron chi connectivity index (χ0n) is 10.2. The minimum atomic E-state index is 0.170. The molecule has 4 nitrogen and oxygen atoms in total. The second-order valence-electron chi connectivity index (χ2n) is 4.38. The quantitative estimate of drug-likeness (QED) is 0.860. The lowest BCUT2D eigenvalue weighted by atomic mass is 10.1. The van der Waals surface area contributed by atoms with E-state index >= 15 is 0 Å². The van der Waals surface area contributed by atoms with Crippen LogP contribution in [0.5, 0.6) is 0 Å². The summed E-state index contributed by atoms with van der Waals surface area (Å²) in [6.45, 7) is 2.87. The van der Waals surface area contributed by atoms with Crippen LogP contribution < -0.4 is 5.32 Å². The number of hydrogen-bond donors (Lipinski definition) is 2. The van der Waals surface area contributed by atoms with Crippen molar-refractivity contribution in [1.29, 1.82) is 5.26 Å². The number of nitriles is 1. The molecule has 92 valence electrons. The Morgan fingerprint density at radius 2 is 2.28 bits per heavy atom. The first-order chi connectivity index (χ1) is 8.74. The number of hydrogen-bond acceptors (Lipinski definition) is 4. The molecular weight excluding hydrogens is 226 g/mol. The number of pyridine rings is 1. The van der Waals surface area contributed by atoms with E-state index < -0.39 is 0 Å². The smallest absolute Gasteiger partial charge is 0.148 e. The molecule has 0 spiro atoms. The van der Waals surface area contributed by atoms with Crippen LogP contribution in [0.1, 0.15) is 12.6 Å². The van der Waals surface area contributed by atoms with E-state index in [0.717, 1.165) is 23.0 Å². The number of benzene rings is 1. The molecule has 0 saturated heterocycles. The molecule has 2 aromatic rings. The Bertz CT molecular complexity index is 589. The summed E-state index contributed by atoms with van der Waals surface area (Å²) < 4.78 is 0. The predicted octanol–water partition coefficient (Wildman–Crippen LogP) is 2.15. The largest absolute Gasteiger partial charge is 0.396 e. The molecule has 0 aliphatic carbocycles. The van der Waals surface area contributed by atoms with Crippen molar-refractivity contribution >= 4 is 16.5 Å². The van der Waals surface area contributed by atoms with Crippen LogP contribution in [0.3, 0.4) is 0 Å². The highest BCUT2D eigenvalue weighted by Crippen LogP contribution is 2.20. The highest BCUT2D eigenvalue weighted by Gasteiger charge is 2.03. The lowest BCUT2D eigenvalue weighted by molar-refractivity contribution is 0.244. The second kappa shape index (κ2) is 5.48. The van der Waals surface area contributed by atoms with E-state index in [9.17, 15) is 0 Å². The maximum Gasteiger partial charge on any atom is 0.148 e. The van der Waals surface area contributed by atoms with Gasteiger partial charge in [0.1, 0.15) is 11.8 Å². The van der Waals surface area contributed by atoms with Crippen LogP contribution in [0.15, 0.2) is 30.5 Å². The summed E-state index contributed by atoms with van der Waals surface area (Å²) in [5.41, 5.74) is 1.43. The summed E-state index contributed by atoms with van der Waals surface area (Å²) in [6, 6.07) is 9.78. The van der Waals surface area contributed by atoms with Crippen LogP contribution >= 0.6 is 0 Å². The van der Waals surface area contributed by atoms with E-state index in [1.165, 1.54) is 0 Å².